The molecule has 2 atom stereocenters. The highest BCUT2D eigenvalue weighted by molar-refractivity contribution is 5.75. The van der Waals surface area contributed by atoms with Gasteiger partial charge in [-0.25, -0.2) is 9.18 Å². The van der Waals surface area contributed by atoms with Crippen molar-refractivity contribution < 1.29 is 9.18 Å². The number of nitrogens with one attached hydrogen (secondary N) is 1. The van der Waals surface area contributed by atoms with E-state index in [1.807, 2.05) is 16.7 Å². The lowest BCUT2D eigenvalue weighted by atomic mass is 10.0. The van der Waals surface area contributed by atoms with Gasteiger partial charge in [-0.15, -0.1) is 0 Å². The fourth-order valence-corrected chi connectivity index (χ4v) is 3.17. The Morgan fingerprint density at radius 2 is 2.04 bits per heavy atom. The van der Waals surface area contributed by atoms with Crippen molar-refractivity contribution >= 4 is 11.6 Å². The predicted octanol–water partition coefficient (Wildman–Crippen LogP) is 3.74. The Labute approximate surface area is 150 Å². The lowest BCUT2D eigenvalue weighted by Gasteiger charge is -2.40. The maximum absolute atomic E-state index is 13.0. The molecule has 2 amide bonds. The molecule has 138 valence electrons. The number of hydrogen-bond acceptors (Lipinski definition) is 2. The zero-order chi connectivity index (χ0) is 18.4. The lowest BCUT2D eigenvalue weighted by molar-refractivity contribution is 0.116. The molecule has 0 saturated carbocycles. The number of nitrogens with zero attached hydrogens (tertiary/aromatic N) is 2. The van der Waals surface area contributed by atoms with Gasteiger partial charge in [0.25, 0.3) is 0 Å². The van der Waals surface area contributed by atoms with Gasteiger partial charge in [0, 0.05) is 38.3 Å². The largest absolute Gasteiger partial charge is 0.325 e. The van der Waals surface area contributed by atoms with Crippen LogP contribution in [0.1, 0.15) is 39.2 Å². The van der Waals surface area contributed by atoms with Crippen molar-refractivity contribution in [3.63, 3.8) is 0 Å². The van der Waals surface area contributed by atoms with E-state index in [2.05, 4.69) is 25.7 Å². The van der Waals surface area contributed by atoms with Crippen LogP contribution in [0, 0.1) is 5.82 Å². The van der Waals surface area contributed by atoms with Crippen LogP contribution >= 0.6 is 0 Å². The lowest BCUT2D eigenvalue weighted by Crippen LogP contribution is -2.59. The summed E-state index contributed by atoms with van der Waals surface area (Å²) >= 11 is 0. The van der Waals surface area contributed by atoms with Crippen LogP contribution in [0.25, 0.3) is 5.57 Å². The summed E-state index contributed by atoms with van der Waals surface area (Å²) in [5, 5.41) is 3.40. The molecule has 2 rings (SSSR count). The number of piperazine rings is 1. The molecular formula is C20H30FN3O. The Balaban J connectivity index is 1.85. The molecule has 5 heteroatoms. The summed E-state index contributed by atoms with van der Waals surface area (Å²) in [6.45, 7) is 13.3. The molecule has 0 radical (unpaired) electrons. The standard InChI is InChI=1S/C20H30FN3O/c1-5-23(20(25)24-14-16(3)22-13-17(24)4)12-6-7-15(2)18-8-10-19(21)11-9-18/h8-11,16-17,22H,2,5-7,12-14H2,1,3-4H3/t16-,17+/m1/s1. The second-order valence-electron chi connectivity index (χ2n) is 6.89. The average molecular weight is 347 g/mol. The molecule has 1 saturated heterocycles. The summed E-state index contributed by atoms with van der Waals surface area (Å²) in [7, 11) is 0. The van der Waals surface area contributed by atoms with Crippen LogP contribution in [-0.4, -0.2) is 54.1 Å². The van der Waals surface area contributed by atoms with Crippen LogP contribution in [0.5, 0.6) is 0 Å². The van der Waals surface area contributed by atoms with Crippen molar-refractivity contribution in [2.75, 3.05) is 26.2 Å². The molecule has 0 bridgehead atoms. The van der Waals surface area contributed by atoms with E-state index in [1.165, 1.54) is 12.1 Å². The first-order chi connectivity index (χ1) is 11.9. The Morgan fingerprint density at radius 3 is 2.68 bits per heavy atom. The minimum absolute atomic E-state index is 0.121. The number of allylic oxidation sites excluding steroid dienone is 1. The molecule has 1 aromatic rings. The van der Waals surface area contributed by atoms with Crippen molar-refractivity contribution in [3.05, 3.63) is 42.2 Å². The maximum Gasteiger partial charge on any atom is 0.320 e. The Hall–Kier alpha value is -1.88. The van der Waals surface area contributed by atoms with Crippen LogP contribution in [0.4, 0.5) is 9.18 Å². The molecule has 0 spiro atoms. The first-order valence-electron chi connectivity index (χ1n) is 9.15. The molecule has 1 aromatic carbocycles. The molecule has 0 aromatic heterocycles. The minimum atomic E-state index is -0.237. The van der Waals surface area contributed by atoms with Crippen LogP contribution in [0.3, 0.4) is 0 Å². The molecule has 0 aliphatic carbocycles. The Morgan fingerprint density at radius 1 is 1.36 bits per heavy atom. The zero-order valence-electron chi connectivity index (χ0n) is 15.6. The number of urea groups is 1. The van der Waals surface area contributed by atoms with Gasteiger partial charge in [0.1, 0.15) is 5.82 Å². The van der Waals surface area contributed by atoms with Gasteiger partial charge in [-0.05, 0) is 56.9 Å². The quantitative estimate of drug-likeness (QED) is 0.851. The van der Waals surface area contributed by atoms with Crippen molar-refractivity contribution in [1.82, 2.24) is 15.1 Å². The maximum atomic E-state index is 13.0. The van der Waals surface area contributed by atoms with E-state index in [1.54, 1.807) is 12.1 Å². The summed E-state index contributed by atoms with van der Waals surface area (Å²) in [6.07, 6.45) is 1.65. The molecule has 1 heterocycles. The normalized spacial score (nSPS) is 20.4. The van der Waals surface area contributed by atoms with E-state index >= 15 is 0 Å². The highest BCUT2D eigenvalue weighted by atomic mass is 19.1. The summed E-state index contributed by atoms with van der Waals surface area (Å²) < 4.78 is 13.0. The monoisotopic (exact) mass is 347 g/mol. The fourth-order valence-electron chi connectivity index (χ4n) is 3.17. The van der Waals surface area contributed by atoms with Gasteiger partial charge in [0.2, 0.25) is 0 Å². The number of rotatable bonds is 6. The zero-order valence-corrected chi connectivity index (χ0v) is 15.6. The third kappa shape index (κ3) is 5.30. The molecule has 25 heavy (non-hydrogen) atoms. The van der Waals surface area contributed by atoms with E-state index in [0.717, 1.165) is 37.1 Å². The molecule has 0 unspecified atom stereocenters. The van der Waals surface area contributed by atoms with Crippen LogP contribution in [0.2, 0.25) is 0 Å². The van der Waals surface area contributed by atoms with Gasteiger partial charge in [-0.3, -0.25) is 0 Å². The molecule has 1 fully saturated rings. The second kappa shape index (κ2) is 8.99. The van der Waals surface area contributed by atoms with Crippen molar-refractivity contribution in [2.45, 2.75) is 45.7 Å². The van der Waals surface area contributed by atoms with E-state index in [0.29, 0.717) is 19.1 Å². The third-order valence-corrected chi connectivity index (χ3v) is 4.82. The minimum Gasteiger partial charge on any atom is -0.325 e. The predicted molar refractivity (Wildman–Crippen MR) is 101 cm³/mol. The molecule has 1 N–H and O–H groups in total. The summed E-state index contributed by atoms with van der Waals surface area (Å²) in [4.78, 5) is 16.7. The second-order valence-corrected chi connectivity index (χ2v) is 6.89. The SMILES string of the molecule is C=C(CCCN(CC)C(=O)N1C[C@@H](C)NC[C@@H]1C)c1ccc(F)cc1. The van der Waals surface area contributed by atoms with Gasteiger partial charge < -0.3 is 15.1 Å². The van der Waals surface area contributed by atoms with Crippen molar-refractivity contribution in [3.8, 4) is 0 Å². The average Bonchev–Trinajstić information content (AvgIpc) is 2.60. The van der Waals surface area contributed by atoms with Gasteiger partial charge in [-0.2, -0.15) is 0 Å². The number of benzene rings is 1. The number of carbonyl (C=O) groups excluding carboxylic acids is 1. The molecule has 1 aliphatic heterocycles. The van der Waals surface area contributed by atoms with Gasteiger partial charge >= 0.3 is 6.03 Å². The highest BCUT2D eigenvalue weighted by Crippen LogP contribution is 2.19. The van der Waals surface area contributed by atoms with Gasteiger partial charge in [0.15, 0.2) is 0 Å². The fraction of sp³-hybridized carbons (Fsp3) is 0.550. The first kappa shape index (κ1) is 19.4. The van der Waals surface area contributed by atoms with E-state index in [-0.39, 0.29) is 17.9 Å². The van der Waals surface area contributed by atoms with Gasteiger partial charge in [0.05, 0.1) is 0 Å². The van der Waals surface area contributed by atoms with Crippen LogP contribution in [-0.2, 0) is 0 Å². The van der Waals surface area contributed by atoms with E-state index in [9.17, 15) is 9.18 Å². The smallest absolute Gasteiger partial charge is 0.320 e. The van der Waals surface area contributed by atoms with E-state index < -0.39 is 0 Å². The van der Waals surface area contributed by atoms with Crippen LogP contribution < -0.4 is 5.32 Å². The number of amides is 2. The Bertz CT molecular complexity index is 587. The molecule has 4 nitrogen and oxygen atoms in total. The van der Waals surface area contributed by atoms with Crippen LogP contribution in [0.15, 0.2) is 30.8 Å². The first-order valence-corrected chi connectivity index (χ1v) is 9.15. The van der Waals surface area contributed by atoms with E-state index in [4.69, 9.17) is 0 Å². The Kier molecular flexibility index (Phi) is 7.00. The van der Waals surface area contributed by atoms with Crippen molar-refractivity contribution in [1.29, 1.82) is 0 Å². The van der Waals surface area contributed by atoms with Crippen molar-refractivity contribution in [2.24, 2.45) is 0 Å². The van der Waals surface area contributed by atoms with Gasteiger partial charge in [-0.1, -0.05) is 18.7 Å². The number of halogens is 1. The number of hydrogen-bond donors (Lipinski definition) is 1. The molecular weight excluding hydrogens is 317 g/mol. The molecule has 1 aliphatic rings. The summed E-state index contributed by atoms with van der Waals surface area (Å²) in [6, 6.07) is 7.08. The number of carbonyl (C=O) groups is 1. The summed E-state index contributed by atoms with van der Waals surface area (Å²) in [5.41, 5.74) is 1.94. The topological polar surface area (TPSA) is 35.6 Å². The highest BCUT2D eigenvalue weighted by Gasteiger charge is 2.29. The third-order valence-electron chi connectivity index (χ3n) is 4.82. The summed E-state index contributed by atoms with van der Waals surface area (Å²) in [5.74, 6) is -0.237.